The summed E-state index contributed by atoms with van der Waals surface area (Å²) in [5.41, 5.74) is 2.19. The maximum Gasteiger partial charge on any atom is 0.257 e. The van der Waals surface area contributed by atoms with E-state index in [9.17, 15) is 4.79 Å². The molecule has 3 aromatic rings. The lowest BCUT2D eigenvalue weighted by molar-refractivity contribution is 0.102. The van der Waals surface area contributed by atoms with Gasteiger partial charge in [0.05, 0.1) is 21.7 Å². The van der Waals surface area contributed by atoms with E-state index in [0.717, 1.165) is 10.9 Å². The third-order valence-electron chi connectivity index (χ3n) is 3.18. The van der Waals surface area contributed by atoms with Crippen LogP contribution in [0.2, 0.25) is 5.02 Å². The van der Waals surface area contributed by atoms with Crippen molar-refractivity contribution >= 4 is 34.1 Å². The monoisotopic (exact) mass is 295 g/mol. The highest BCUT2D eigenvalue weighted by atomic mass is 35.5. The number of hydrogen-bond acceptors (Lipinski definition) is 2. The minimum absolute atomic E-state index is 0.241. The molecule has 4 nitrogen and oxygen atoms in total. The molecule has 2 N–H and O–H groups in total. The molecule has 0 aliphatic heterocycles. The summed E-state index contributed by atoms with van der Waals surface area (Å²) in [5.74, 6) is -0.241. The maximum absolute atomic E-state index is 12.4. The zero-order valence-electron chi connectivity index (χ0n) is 10.9. The van der Waals surface area contributed by atoms with Crippen LogP contribution < -0.4 is 5.32 Å². The smallest absolute Gasteiger partial charge is 0.257 e. The second-order valence-electron chi connectivity index (χ2n) is 4.51. The quantitative estimate of drug-likeness (QED) is 0.751. The van der Waals surface area contributed by atoms with Crippen LogP contribution in [0.1, 0.15) is 15.9 Å². The first-order chi connectivity index (χ1) is 10.2. The van der Waals surface area contributed by atoms with Crippen molar-refractivity contribution in [2.75, 3.05) is 5.32 Å². The number of fused-ring (bicyclic) bond motifs is 1. The number of benzene rings is 2. The molecule has 0 fully saturated rings. The van der Waals surface area contributed by atoms with Gasteiger partial charge < -0.3 is 10.3 Å². The summed E-state index contributed by atoms with van der Waals surface area (Å²) >= 11 is 5.87. The third kappa shape index (κ3) is 2.47. The normalized spacial score (nSPS) is 10.3. The van der Waals surface area contributed by atoms with Gasteiger partial charge in [0.15, 0.2) is 0 Å². The van der Waals surface area contributed by atoms with Crippen LogP contribution in [0.4, 0.5) is 5.69 Å². The lowest BCUT2D eigenvalue weighted by Gasteiger charge is -2.07. The summed E-state index contributed by atoms with van der Waals surface area (Å²) in [6.07, 6.45) is 1.79. The standard InChI is InChI=1S/C16H10ClN3O/c17-14-5-4-12(8-11(14)9-18)20-16(21)13-3-1-2-10-6-7-19-15(10)13/h1-8,19H,(H,20,21). The van der Waals surface area contributed by atoms with E-state index in [1.54, 1.807) is 30.5 Å². The number of para-hydroxylation sites is 1. The van der Waals surface area contributed by atoms with Crippen molar-refractivity contribution in [1.82, 2.24) is 4.98 Å². The largest absolute Gasteiger partial charge is 0.361 e. The van der Waals surface area contributed by atoms with Gasteiger partial charge in [-0.1, -0.05) is 23.7 Å². The second-order valence-corrected chi connectivity index (χ2v) is 4.92. The third-order valence-corrected chi connectivity index (χ3v) is 3.51. The van der Waals surface area contributed by atoms with Gasteiger partial charge in [-0.2, -0.15) is 5.26 Å². The summed E-state index contributed by atoms with van der Waals surface area (Å²) < 4.78 is 0. The minimum Gasteiger partial charge on any atom is -0.361 e. The lowest BCUT2D eigenvalue weighted by Crippen LogP contribution is -2.12. The van der Waals surface area contributed by atoms with Crippen LogP contribution in [-0.2, 0) is 0 Å². The Balaban J connectivity index is 1.93. The summed E-state index contributed by atoms with van der Waals surface area (Å²) in [5, 5.41) is 13.1. The Morgan fingerprint density at radius 2 is 2.10 bits per heavy atom. The number of nitrogens with one attached hydrogen (secondary N) is 2. The highest BCUT2D eigenvalue weighted by molar-refractivity contribution is 6.31. The fourth-order valence-electron chi connectivity index (χ4n) is 2.16. The van der Waals surface area contributed by atoms with Crippen molar-refractivity contribution in [2.24, 2.45) is 0 Å². The number of nitrogens with zero attached hydrogens (tertiary/aromatic N) is 1. The van der Waals surface area contributed by atoms with E-state index in [1.807, 2.05) is 24.3 Å². The number of carbonyl (C=O) groups is 1. The van der Waals surface area contributed by atoms with Crippen LogP contribution in [0.5, 0.6) is 0 Å². The lowest BCUT2D eigenvalue weighted by atomic mass is 10.1. The number of H-pyrrole nitrogens is 1. The van der Waals surface area contributed by atoms with Crippen molar-refractivity contribution < 1.29 is 4.79 Å². The van der Waals surface area contributed by atoms with E-state index in [1.165, 1.54) is 0 Å². The Labute approximate surface area is 126 Å². The number of aromatic nitrogens is 1. The highest BCUT2D eigenvalue weighted by Crippen LogP contribution is 2.22. The molecule has 1 heterocycles. The van der Waals surface area contributed by atoms with Gasteiger partial charge in [-0.3, -0.25) is 4.79 Å². The summed E-state index contributed by atoms with van der Waals surface area (Å²) in [6, 6.07) is 14.2. The van der Waals surface area contributed by atoms with Crippen LogP contribution in [-0.4, -0.2) is 10.9 Å². The van der Waals surface area contributed by atoms with Gasteiger partial charge in [0, 0.05) is 17.3 Å². The van der Waals surface area contributed by atoms with Crippen molar-refractivity contribution in [2.45, 2.75) is 0 Å². The number of rotatable bonds is 2. The average molecular weight is 296 g/mol. The first-order valence-electron chi connectivity index (χ1n) is 6.26. The zero-order chi connectivity index (χ0) is 14.8. The van der Waals surface area contributed by atoms with Crippen LogP contribution >= 0.6 is 11.6 Å². The average Bonchev–Trinajstić information content (AvgIpc) is 2.97. The summed E-state index contributed by atoms with van der Waals surface area (Å²) in [7, 11) is 0. The Hall–Kier alpha value is -2.77. The molecule has 0 unspecified atom stereocenters. The van der Waals surface area contributed by atoms with Crippen LogP contribution in [0.15, 0.2) is 48.7 Å². The second kappa shape index (κ2) is 5.31. The molecule has 0 saturated heterocycles. The molecule has 0 radical (unpaired) electrons. The SMILES string of the molecule is N#Cc1cc(NC(=O)c2cccc3cc[nH]c23)ccc1Cl. The van der Waals surface area contributed by atoms with Crippen LogP contribution in [0.25, 0.3) is 10.9 Å². The van der Waals surface area contributed by atoms with E-state index in [4.69, 9.17) is 16.9 Å². The molecule has 0 aliphatic carbocycles. The van der Waals surface area contributed by atoms with Gasteiger partial charge >= 0.3 is 0 Å². The van der Waals surface area contributed by atoms with Crippen molar-refractivity contribution in [3.05, 3.63) is 64.8 Å². The number of aromatic amines is 1. The number of carbonyl (C=O) groups excluding carboxylic acids is 1. The maximum atomic E-state index is 12.4. The molecular formula is C16H10ClN3O. The van der Waals surface area contributed by atoms with E-state index in [0.29, 0.717) is 21.8 Å². The Bertz CT molecular complexity index is 877. The first-order valence-corrected chi connectivity index (χ1v) is 6.64. The van der Waals surface area contributed by atoms with Gasteiger partial charge in [0.2, 0.25) is 0 Å². The number of amides is 1. The molecule has 1 amide bonds. The number of halogens is 1. The Morgan fingerprint density at radius 3 is 2.90 bits per heavy atom. The van der Waals surface area contributed by atoms with Gasteiger partial charge in [-0.25, -0.2) is 0 Å². The molecule has 0 aliphatic rings. The molecule has 0 saturated carbocycles. The molecular weight excluding hydrogens is 286 g/mol. The van der Waals surface area contributed by atoms with Crippen molar-refractivity contribution in [3.63, 3.8) is 0 Å². The molecule has 0 spiro atoms. The first kappa shape index (κ1) is 13.2. The van der Waals surface area contributed by atoms with Crippen LogP contribution in [0.3, 0.4) is 0 Å². The molecule has 0 bridgehead atoms. The zero-order valence-corrected chi connectivity index (χ0v) is 11.6. The van der Waals surface area contributed by atoms with Crippen molar-refractivity contribution in [3.8, 4) is 6.07 Å². The molecule has 2 aromatic carbocycles. The summed E-state index contributed by atoms with van der Waals surface area (Å²) in [6.45, 7) is 0. The topological polar surface area (TPSA) is 68.7 Å². The molecule has 5 heteroatoms. The van der Waals surface area contributed by atoms with Gasteiger partial charge in [-0.15, -0.1) is 0 Å². The fraction of sp³-hybridized carbons (Fsp3) is 0. The van der Waals surface area contributed by atoms with Crippen molar-refractivity contribution in [1.29, 1.82) is 5.26 Å². The van der Waals surface area contributed by atoms with Gasteiger partial charge in [0.25, 0.3) is 5.91 Å². The predicted molar refractivity (Wildman–Crippen MR) is 82.4 cm³/mol. The van der Waals surface area contributed by atoms with E-state index < -0.39 is 0 Å². The fourth-order valence-corrected chi connectivity index (χ4v) is 2.32. The molecule has 21 heavy (non-hydrogen) atoms. The Morgan fingerprint density at radius 1 is 1.24 bits per heavy atom. The molecule has 1 aromatic heterocycles. The van der Waals surface area contributed by atoms with Crippen LogP contribution in [0, 0.1) is 11.3 Å². The number of nitriles is 1. The summed E-state index contributed by atoms with van der Waals surface area (Å²) in [4.78, 5) is 15.4. The number of hydrogen-bond donors (Lipinski definition) is 2. The van der Waals surface area contributed by atoms with E-state index in [2.05, 4.69) is 10.3 Å². The van der Waals surface area contributed by atoms with Gasteiger partial charge in [-0.05, 0) is 30.3 Å². The predicted octanol–water partition coefficient (Wildman–Crippen LogP) is 3.95. The van der Waals surface area contributed by atoms with E-state index >= 15 is 0 Å². The van der Waals surface area contributed by atoms with Gasteiger partial charge in [0.1, 0.15) is 6.07 Å². The highest BCUT2D eigenvalue weighted by Gasteiger charge is 2.11. The Kier molecular flexibility index (Phi) is 3.35. The molecule has 3 rings (SSSR count). The van der Waals surface area contributed by atoms with E-state index in [-0.39, 0.29) is 5.91 Å². The number of anilines is 1. The molecule has 0 atom stereocenters. The minimum atomic E-state index is -0.241. The molecule has 102 valence electrons.